The normalized spacial score (nSPS) is 31.0. The second-order valence-corrected chi connectivity index (χ2v) is 5.59. The van der Waals surface area contributed by atoms with Gasteiger partial charge in [-0.3, -0.25) is 0 Å². The molecule has 1 atom stereocenters. The quantitative estimate of drug-likeness (QED) is 0.766. The van der Waals surface area contributed by atoms with Gasteiger partial charge in [0.2, 0.25) is 0 Å². The number of amides is 2. The van der Waals surface area contributed by atoms with Crippen LogP contribution in [-0.4, -0.2) is 43.8 Å². The molecule has 90 valence electrons. The first kappa shape index (κ1) is 10.4. The van der Waals surface area contributed by atoms with E-state index < -0.39 is 0 Å². The Kier molecular flexibility index (Phi) is 2.54. The number of rotatable bonds is 2. The smallest absolute Gasteiger partial charge is 0.317 e. The molecule has 4 heteroatoms. The Hall–Kier alpha value is -0.770. The Morgan fingerprint density at radius 1 is 1.44 bits per heavy atom. The van der Waals surface area contributed by atoms with E-state index in [-0.39, 0.29) is 6.03 Å². The van der Waals surface area contributed by atoms with Crippen molar-refractivity contribution in [3.63, 3.8) is 0 Å². The summed E-state index contributed by atoms with van der Waals surface area (Å²) >= 11 is 0. The van der Waals surface area contributed by atoms with E-state index in [0.717, 1.165) is 39.3 Å². The molecule has 1 N–H and O–H groups in total. The van der Waals surface area contributed by atoms with Crippen molar-refractivity contribution in [1.82, 2.24) is 10.2 Å². The van der Waals surface area contributed by atoms with E-state index in [1.807, 2.05) is 4.90 Å². The first-order chi connectivity index (χ1) is 7.77. The van der Waals surface area contributed by atoms with Gasteiger partial charge in [0.1, 0.15) is 0 Å². The highest BCUT2D eigenvalue weighted by molar-refractivity contribution is 5.74. The lowest BCUT2D eigenvalue weighted by Crippen LogP contribution is -2.40. The number of ether oxygens (including phenoxy) is 1. The maximum absolute atomic E-state index is 11.9. The SMILES string of the molecule is O=C(NC[C@H]1CCOC1)N1CCC2(CC2)C1. The number of nitrogens with zero attached hydrogens (tertiary/aromatic N) is 1. The highest BCUT2D eigenvalue weighted by atomic mass is 16.5. The number of nitrogens with one attached hydrogen (secondary N) is 1. The summed E-state index contributed by atoms with van der Waals surface area (Å²) in [6.45, 7) is 4.38. The molecule has 0 unspecified atom stereocenters. The summed E-state index contributed by atoms with van der Waals surface area (Å²) in [5.74, 6) is 0.529. The van der Waals surface area contributed by atoms with Gasteiger partial charge in [-0.1, -0.05) is 0 Å². The molecule has 16 heavy (non-hydrogen) atoms. The second kappa shape index (κ2) is 3.91. The molecule has 1 aliphatic carbocycles. The summed E-state index contributed by atoms with van der Waals surface area (Å²) in [6, 6.07) is 0.135. The van der Waals surface area contributed by atoms with Crippen LogP contribution in [0.5, 0.6) is 0 Å². The summed E-state index contributed by atoms with van der Waals surface area (Å²) in [5, 5.41) is 3.04. The van der Waals surface area contributed by atoms with Crippen molar-refractivity contribution in [2.24, 2.45) is 11.3 Å². The Bertz CT molecular complexity index is 283. The Labute approximate surface area is 96.3 Å². The van der Waals surface area contributed by atoms with Crippen LogP contribution in [0, 0.1) is 11.3 Å². The summed E-state index contributed by atoms with van der Waals surface area (Å²) < 4.78 is 5.29. The van der Waals surface area contributed by atoms with E-state index in [4.69, 9.17) is 4.74 Å². The van der Waals surface area contributed by atoms with E-state index in [1.165, 1.54) is 19.3 Å². The van der Waals surface area contributed by atoms with Crippen LogP contribution in [0.15, 0.2) is 0 Å². The van der Waals surface area contributed by atoms with Gasteiger partial charge >= 0.3 is 6.03 Å². The van der Waals surface area contributed by atoms with Gasteiger partial charge in [-0.15, -0.1) is 0 Å². The summed E-state index contributed by atoms with van der Waals surface area (Å²) in [4.78, 5) is 13.9. The lowest BCUT2D eigenvalue weighted by molar-refractivity contribution is 0.182. The highest BCUT2D eigenvalue weighted by Gasteiger charge is 2.48. The van der Waals surface area contributed by atoms with Gasteiger partial charge in [-0.2, -0.15) is 0 Å². The minimum Gasteiger partial charge on any atom is -0.381 e. The van der Waals surface area contributed by atoms with E-state index >= 15 is 0 Å². The number of urea groups is 1. The molecule has 1 saturated carbocycles. The molecular weight excluding hydrogens is 204 g/mol. The van der Waals surface area contributed by atoms with Crippen molar-refractivity contribution < 1.29 is 9.53 Å². The topological polar surface area (TPSA) is 41.6 Å². The zero-order chi connectivity index (χ0) is 11.0. The van der Waals surface area contributed by atoms with Crippen LogP contribution in [-0.2, 0) is 4.74 Å². The van der Waals surface area contributed by atoms with Crippen molar-refractivity contribution in [3.05, 3.63) is 0 Å². The average molecular weight is 224 g/mol. The molecule has 2 aliphatic heterocycles. The first-order valence-electron chi connectivity index (χ1n) is 6.38. The van der Waals surface area contributed by atoms with E-state index in [2.05, 4.69) is 5.32 Å². The van der Waals surface area contributed by atoms with Crippen LogP contribution in [0.2, 0.25) is 0 Å². The highest BCUT2D eigenvalue weighted by Crippen LogP contribution is 2.52. The molecule has 3 aliphatic rings. The van der Waals surface area contributed by atoms with Gasteiger partial charge < -0.3 is 15.0 Å². The third-order valence-electron chi connectivity index (χ3n) is 4.25. The van der Waals surface area contributed by atoms with Crippen molar-refractivity contribution in [2.45, 2.75) is 25.7 Å². The minimum absolute atomic E-state index is 0.135. The standard InChI is InChI=1S/C12H20N2O2/c15-11(13-7-10-1-6-16-8-10)14-5-4-12(9-14)2-3-12/h10H,1-9H2,(H,13,15)/t10-/m1/s1. The lowest BCUT2D eigenvalue weighted by atomic mass is 10.1. The number of carbonyl (C=O) groups excluding carboxylic acids is 1. The fraction of sp³-hybridized carbons (Fsp3) is 0.917. The van der Waals surface area contributed by atoms with Gasteiger partial charge in [0, 0.05) is 32.2 Å². The second-order valence-electron chi connectivity index (χ2n) is 5.59. The predicted octanol–water partition coefficient (Wildman–Crippen LogP) is 1.22. The molecule has 2 saturated heterocycles. The molecule has 4 nitrogen and oxygen atoms in total. The predicted molar refractivity (Wildman–Crippen MR) is 60.2 cm³/mol. The van der Waals surface area contributed by atoms with Crippen LogP contribution >= 0.6 is 0 Å². The Morgan fingerprint density at radius 2 is 2.31 bits per heavy atom. The fourth-order valence-corrected chi connectivity index (χ4v) is 2.78. The van der Waals surface area contributed by atoms with Crippen LogP contribution in [0.1, 0.15) is 25.7 Å². The zero-order valence-electron chi connectivity index (χ0n) is 9.71. The van der Waals surface area contributed by atoms with Crippen LogP contribution < -0.4 is 5.32 Å². The van der Waals surface area contributed by atoms with Crippen LogP contribution in [0.3, 0.4) is 0 Å². The molecule has 1 spiro atoms. The van der Waals surface area contributed by atoms with E-state index in [0.29, 0.717) is 11.3 Å². The van der Waals surface area contributed by atoms with Crippen molar-refractivity contribution >= 4 is 6.03 Å². The molecule has 3 fully saturated rings. The zero-order valence-corrected chi connectivity index (χ0v) is 9.71. The molecule has 2 heterocycles. The summed E-state index contributed by atoms with van der Waals surface area (Å²) in [6.07, 6.45) is 4.96. The number of hydrogen-bond acceptors (Lipinski definition) is 2. The number of likely N-dealkylation sites (tertiary alicyclic amines) is 1. The largest absolute Gasteiger partial charge is 0.381 e. The van der Waals surface area contributed by atoms with Crippen LogP contribution in [0.4, 0.5) is 4.79 Å². The Balaban J connectivity index is 1.42. The van der Waals surface area contributed by atoms with Gasteiger partial charge in [0.05, 0.1) is 6.61 Å². The molecule has 0 radical (unpaired) electrons. The molecule has 0 aromatic carbocycles. The van der Waals surface area contributed by atoms with E-state index in [1.54, 1.807) is 0 Å². The minimum atomic E-state index is 0.135. The molecule has 0 bridgehead atoms. The Morgan fingerprint density at radius 3 is 2.94 bits per heavy atom. The van der Waals surface area contributed by atoms with Gasteiger partial charge in [0.15, 0.2) is 0 Å². The van der Waals surface area contributed by atoms with E-state index in [9.17, 15) is 4.79 Å². The first-order valence-corrected chi connectivity index (χ1v) is 6.38. The third kappa shape index (κ3) is 2.03. The van der Waals surface area contributed by atoms with Gasteiger partial charge in [-0.05, 0) is 31.1 Å². The monoisotopic (exact) mass is 224 g/mol. The van der Waals surface area contributed by atoms with Crippen molar-refractivity contribution in [3.8, 4) is 0 Å². The lowest BCUT2D eigenvalue weighted by Gasteiger charge is -2.18. The maximum Gasteiger partial charge on any atom is 0.317 e. The number of hydrogen-bond donors (Lipinski definition) is 1. The molecule has 2 amide bonds. The average Bonchev–Trinajstić information content (AvgIpc) is 2.72. The van der Waals surface area contributed by atoms with Gasteiger partial charge in [-0.25, -0.2) is 4.79 Å². The summed E-state index contributed by atoms with van der Waals surface area (Å²) in [5.41, 5.74) is 0.536. The van der Waals surface area contributed by atoms with Crippen molar-refractivity contribution in [1.29, 1.82) is 0 Å². The number of carbonyl (C=O) groups is 1. The van der Waals surface area contributed by atoms with Crippen molar-refractivity contribution in [2.75, 3.05) is 32.8 Å². The fourth-order valence-electron chi connectivity index (χ4n) is 2.78. The maximum atomic E-state index is 11.9. The molecular formula is C12H20N2O2. The molecule has 0 aromatic rings. The van der Waals surface area contributed by atoms with Gasteiger partial charge in [0.25, 0.3) is 0 Å². The molecule has 3 rings (SSSR count). The summed E-state index contributed by atoms with van der Waals surface area (Å²) in [7, 11) is 0. The van der Waals surface area contributed by atoms with Crippen LogP contribution in [0.25, 0.3) is 0 Å². The third-order valence-corrected chi connectivity index (χ3v) is 4.25. The molecule has 0 aromatic heterocycles.